The molecule has 0 spiro atoms. The second kappa shape index (κ2) is 10.2. The monoisotopic (exact) mass is 436 g/mol. The average Bonchev–Trinajstić information content (AvgIpc) is 2.64. The van der Waals surface area contributed by atoms with Gasteiger partial charge in [-0.05, 0) is 41.5 Å². The molecule has 0 aliphatic rings. The summed E-state index contributed by atoms with van der Waals surface area (Å²) in [5, 5.41) is 56.5. The summed E-state index contributed by atoms with van der Waals surface area (Å²) >= 11 is 0. The number of carbonyl (C=O) groups excluding carboxylic acids is 6. The third-order valence-corrected chi connectivity index (χ3v) is 4.86. The Balaban J connectivity index is 0. The van der Waals surface area contributed by atoms with Gasteiger partial charge in [-0.2, -0.15) is 0 Å². The zero-order valence-electron chi connectivity index (χ0n) is 17.5. The first-order chi connectivity index (χ1) is 13.3. The molecule has 0 saturated carbocycles. The van der Waals surface area contributed by atoms with Gasteiger partial charge in [-0.15, -0.1) is 0 Å². The lowest BCUT2D eigenvalue weighted by molar-refractivity contribution is -0.191. The summed E-state index contributed by atoms with van der Waals surface area (Å²) in [7, 11) is 0. The van der Waals surface area contributed by atoms with Crippen LogP contribution in [0.4, 0.5) is 0 Å². The van der Waals surface area contributed by atoms with Gasteiger partial charge in [0.1, 0.15) is 0 Å². The van der Waals surface area contributed by atoms with Crippen LogP contribution in [0.2, 0.25) is 0 Å². The first kappa shape index (κ1) is 30.0. The molecule has 12 nitrogen and oxygen atoms in total. The Labute approximate surface area is 172 Å². The normalized spacial score (nSPS) is 15.6. The molecule has 0 aromatic heterocycles. The van der Waals surface area contributed by atoms with E-state index in [0.717, 1.165) is 41.5 Å². The van der Waals surface area contributed by atoms with Crippen LogP contribution in [0.15, 0.2) is 0 Å². The number of carbonyl (C=O) groups is 6. The lowest BCUT2D eigenvalue weighted by Gasteiger charge is -2.36. The average molecular weight is 436 g/mol. The summed E-state index contributed by atoms with van der Waals surface area (Å²) in [5.74, 6) is -6.50. The van der Waals surface area contributed by atoms with Crippen molar-refractivity contribution in [3.05, 3.63) is 0 Å². The highest BCUT2D eigenvalue weighted by Crippen LogP contribution is 2.27. The van der Waals surface area contributed by atoms with Crippen molar-refractivity contribution in [2.75, 3.05) is 13.2 Å². The summed E-state index contributed by atoms with van der Waals surface area (Å²) in [4.78, 5) is 66.6. The van der Waals surface area contributed by atoms with Gasteiger partial charge in [0.2, 0.25) is 11.2 Å². The van der Waals surface area contributed by atoms with Crippen LogP contribution in [-0.4, -0.2) is 101 Å². The zero-order chi connectivity index (χ0) is 24.9. The van der Waals surface area contributed by atoms with Crippen molar-refractivity contribution in [2.45, 2.75) is 63.9 Å². The van der Waals surface area contributed by atoms with Crippen LogP contribution < -0.4 is 0 Å². The van der Waals surface area contributed by atoms with E-state index in [0.29, 0.717) is 0 Å². The van der Waals surface area contributed by atoms with Crippen molar-refractivity contribution in [1.82, 2.24) is 0 Å². The predicted molar refractivity (Wildman–Crippen MR) is 98.1 cm³/mol. The van der Waals surface area contributed by atoms with Crippen LogP contribution in [0, 0.1) is 0 Å². The largest absolute Gasteiger partial charge is 0.393 e. The van der Waals surface area contributed by atoms with Crippen molar-refractivity contribution in [2.24, 2.45) is 0 Å². The maximum atomic E-state index is 11.1. The maximum absolute atomic E-state index is 11.1. The second-order valence-electron chi connectivity index (χ2n) is 6.79. The lowest BCUT2D eigenvalue weighted by atomic mass is 9.75. The highest BCUT2D eigenvalue weighted by Gasteiger charge is 2.60. The topological polar surface area (TPSA) is 224 Å². The molecule has 0 radical (unpaired) electrons. The van der Waals surface area contributed by atoms with E-state index >= 15 is 0 Å². The van der Waals surface area contributed by atoms with Crippen molar-refractivity contribution in [3.63, 3.8) is 0 Å². The van der Waals surface area contributed by atoms with E-state index in [-0.39, 0.29) is 0 Å². The highest BCUT2D eigenvalue weighted by atomic mass is 16.4. The molecule has 0 bridgehead atoms. The Morgan fingerprint density at radius 3 is 0.667 bits per heavy atom. The standard InChI is InChI=1S/2C9H14O6/c2*1-5(11)8(14,4-10)9(15,6(2)12)7(3)13/h2*10,14-15H,4H2,1-3H3. The fraction of sp³-hybridized carbons (Fsp3) is 0.667. The fourth-order valence-corrected chi connectivity index (χ4v) is 2.62. The molecule has 0 aliphatic heterocycles. The first-order valence-electron chi connectivity index (χ1n) is 8.46. The Bertz CT molecular complexity index is 649. The SMILES string of the molecule is CC(=O)C(O)(CO)C(O)(C(C)=O)C(C)=O.CC(=O)C(O)(CO)C(O)(C(C)=O)C(C)=O. The van der Waals surface area contributed by atoms with Crippen molar-refractivity contribution >= 4 is 34.7 Å². The summed E-state index contributed by atoms with van der Waals surface area (Å²) in [6.45, 7) is 2.72. The molecule has 12 heteroatoms. The molecule has 6 N–H and O–H groups in total. The van der Waals surface area contributed by atoms with Crippen LogP contribution in [-0.2, 0) is 28.8 Å². The predicted octanol–water partition coefficient (Wildman–Crippen LogP) is -3.58. The minimum atomic E-state index is -2.90. The third kappa shape index (κ3) is 4.74. The summed E-state index contributed by atoms with van der Waals surface area (Å²) in [5.41, 5.74) is -11.4. The number of aliphatic hydroxyl groups excluding tert-OH is 2. The van der Waals surface area contributed by atoms with Gasteiger partial charge in [0.25, 0.3) is 0 Å². The van der Waals surface area contributed by atoms with Gasteiger partial charge in [0.15, 0.2) is 45.9 Å². The smallest absolute Gasteiger partial charge is 0.219 e. The zero-order valence-corrected chi connectivity index (χ0v) is 17.5. The summed E-state index contributed by atoms with van der Waals surface area (Å²) < 4.78 is 0. The molecule has 0 saturated heterocycles. The Kier molecular flexibility index (Phi) is 10.2. The second-order valence-corrected chi connectivity index (χ2v) is 6.79. The lowest BCUT2D eigenvalue weighted by Crippen LogP contribution is -2.68. The van der Waals surface area contributed by atoms with Crippen molar-refractivity contribution in [1.29, 1.82) is 0 Å². The number of Topliss-reactive ketones (excluding diaryl/α,β-unsaturated/α-hetero) is 6. The fourth-order valence-electron chi connectivity index (χ4n) is 2.62. The number of ketones is 6. The molecule has 0 aromatic carbocycles. The number of hydrogen-bond acceptors (Lipinski definition) is 12. The molecule has 0 aliphatic carbocycles. The van der Waals surface area contributed by atoms with E-state index in [4.69, 9.17) is 10.2 Å². The van der Waals surface area contributed by atoms with E-state index < -0.39 is 70.3 Å². The minimum absolute atomic E-state index is 0.852. The van der Waals surface area contributed by atoms with E-state index in [2.05, 4.69) is 0 Å². The number of rotatable bonds is 10. The van der Waals surface area contributed by atoms with Gasteiger partial charge >= 0.3 is 0 Å². The van der Waals surface area contributed by atoms with Crippen molar-refractivity contribution in [3.8, 4) is 0 Å². The van der Waals surface area contributed by atoms with E-state index in [1.807, 2.05) is 0 Å². The van der Waals surface area contributed by atoms with Crippen LogP contribution in [0.3, 0.4) is 0 Å². The first-order valence-corrected chi connectivity index (χ1v) is 8.46. The van der Waals surface area contributed by atoms with Gasteiger partial charge in [0, 0.05) is 0 Å². The molecular weight excluding hydrogens is 408 g/mol. The molecule has 0 amide bonds. The highest BCUT2D eigenvalue weighted by molar-refractivity contribution is 6.15. The number of hydrogen-bond donors (Lipinski definition) is 6. The van der Waals surface area contributed by atoms with Crippen LogP contribution in [0.1, 0.15) is 41.5 Å². The van der Waals surface area contributed by atoms with Gasteiger partial charge in [-0.3, -0.25) is 28.8 Å². The van der Waals surface area contributed by atoms with E-state index in [9.17, 15) is 49.2 Å². The van der Waals surface area contributed by atoms with Gasteiger partial charge in [-0.25, -0.2) is 0 Å². The molecule has 0 fully saturated rings. The van der Waals surface area contributed by atoms with E-state index in [1.54, 1.807) is 0 Å². The minimum Gasteiger partial charge on any atom is -0.393 e. The molecule has 172 valence electrons. The van der Waals surface area contributed by atoms with Gasteiger partial charge in [-0.1, -0.05) is 0 Å². The van der Waals surface area contributed by atoms with E-state index in [1.165, 1.54) is 0 Å². The number of aliphatic hydroxyl groups is 6. The van der Waals surface area contributed by atoms with Crippen LogP contribution in [0.5, 0.6) is 0 Å². The third-order valence-electron chi connectivity index (χ3n) is 4.86. The Morgan fingerprint density at radius 2 is 0.633 bits per heavy atom. The quantitative estimate of drug-likeness (QED) is 0.183. The van der Waals surface area contributed by atoms with Gasteiger partial charge in [0.05, 0.1) is 13.2 Å². The Morgan fingerprint density at radius 1 is 0.467 bits per heavy atom. The summed E-state index contributed by atoms with van der Waals surface area (Å²) in [6.07, 6.45) is 0. The van der Waals surface area contributed by atoms with Crippen molar-refractivity contribution < 1.29 is 59.4 Å². The molecule has 0 heterocycles. The maximum Gasteiger partial charge on any atom is 0.219 e. The summed E-state index contributed by atoms with van der Waals surface area (Å²) in [6, 6.07) is 0. The molecular formula is C18H28O12. The molecule has 30 heavy (non-hydrogen) atoms. The molecule has 0 rings (SSSR count). The van der Waals surface area contributed by atoms with Gasteiger partial charge < -0.3 is 30.6 Å². The van der Waals surface area contributed by atoms with Crippen LogP contribution in [0.25, 0.3) is 0 Å². The molecule has 0 aromatic rings. The molecule has 2 atom stereocenters. The Hall–Kier alpha value is -2.22. The van der Waals surface area contributed by atoms with Crippen LogP contribution >= 0.6 is 0 Å². The molecule has 2 unspecified atom stereocenters.